The van der Waals surface area contributed by atoms with Crippen LogP contribution in [0.25, 0.3) is 0 Å². The van der Waals surface area contributed by atoms with Gasteiger partial charge in [0.05, 0.1) is 5.60 Å². The SMILES string of the molecule is CC(C)(C)C1CCC(O)(CNC(=O)Cn2ccccc2=O)CC1. The molecule has 0 bridgehead atoms. The molecule has 0 atom stereocenters. The van der Waals surface area contributed by atoms with Gasteiger partial charge in [-0.2, -0.15) is 0 Å². The van der Waals surface area contributed by atoms with Crippen LogP contribution in [0.4, 0.5) is 0 Å². The number of rotatable bonds is 4. The maximum atomic E-state index is 12.0. The van der Waals surface area contributed by atoms with Crippen LogP contribution in [0.15, 0.2) is 29.2 Å². The zero-order valence-corrected chi connectivity index (χ0v) is 14.3. The largest absolute Gasteiger partial charge is 0.388 e. The van der Waals surface area contributed by atoms with Crippen molar-refractivity contribution in [2.75, 3.05) is 6.54 Å². The van der Waals surface area contributed by atoms with E-state index >= 15 is 0 Å². The Morgan fingerprint density at radius 2 is 2.00 bits per heavy atom. The molecule has 1 amide bonds. The summed E-state index contributed by atoms with van der Waals surface area (Å²) < 4.78 is 1.36. The van der Waals surface area contributed by atoms with Gasteiger partial charge in [-0.15, -0.1) is 0 Å². The summed E-state index contributed by atoms with van der Waals surface area (Å²) in [5.74, 6) is 0.367. The second kappa shape index (κ2) is 6.87. The molecule has 1 aliphatic carbocycles. The van der Waals surface area contributed by atoms with Gasteiger partial charge in [0.15, 0.2) is 0 Å². The number of amides is 1. The van der Waals surface area contributed by atoms with Crippen LogP contribution in [0.1, 0.15) is 46.5 Å². The molecule has 5 nitrogen and oxygen atoms in total. The van der Waals surface area contributed by atoms with E-state index in [0.29, 0.717) is 18.8 Å². The summed E-state index contributed by atoms with van der Waals surface area (Å²) in [5, 5.41) is 13.4. The van der Waals surface area contributed by atoms with Gasteiger partial charge >= 0.3 is 0 Å². The standard InChI is InChI=1S/C18H28N2O3/c1-17(2,3)14-7-9-18(23,10-8-14)13-19-15(21)12-20-11-5-4-6-16(20)22/h4-6,11,14,23H,7-10,12-13H2,1-3H3,(H,19,21). The monoisotopic (exact) mass is 320 g/mol. The third kappa shape index (κ3) is 4.93. The van der Waals surface area contributed by atoms with Gasteiger partial charge in [0.1, 0.15) is 6.54 Å². The predicted octanol–water partition coefficient (Wildman–Crippen LogP) is 1.93. The lowest BCUT2D eigenvalue weighted by Gasteiger charge is -2.41. The van der Waals surface area contributed by atoms with Crippen LogP contribution in [-0.2, 0) is 11.3 Å². The minimum absolute atomic E-state index is 0.0135. The van der Waals surface area contributed by atoms with Crippen LogP contribution < -0.4 is 10.9 Å². The minimum Gasteiger partial charge on any atom is -0.388 e. The first-order chi connectivity index (χ1) is 10.7. The zero-order chi connectivity index (χ0) is 17.1. The Kier molecular flexibility index (Phi) is 5.30. The smallest absolute Gasteiger partial charge is 0.250 e. The third-order valence-corrected chi connectivity index (χ3v) is 4.97. The quantitative estimate of drug-likeness (QED) is 0.890. The molecule has 1 aliphatic rings. The summed E-state index contributed by atoms with van der Waals surface area (Å²) in [5.41, 5.74) is -0.759. The molecule has 0 unspecified atom stereocenters. The van der Waals surface area contributed by atoms with Crippen molar-refractivity contribution in [3.63, 3.8) is 0 Å². The maximum Gasteiger partial charge on any atom is 0.250 e. The maximum absolute atomic E-state index is 12.0. The van der Waals surface area contributed by atoms with E-state index in [9.17, 15) is 14.7 Å². The molecule has 5 heteroatoms. The second-order valence-electron chi connectivity index (χ2n) is 7.81. The lowest BCUT2D eigenvalue weighted by atomic mass is 9.68. The Labute approximate surface area is 137 Å². The number of carbonyl (C=O) groups is 1. The van der Waals surface area contributed by atoms with E-state index in [-0.39, 0.29) is 30.0 Å². The van der Waals surface area contributed by atoms with E-state index < -0.39 is 5.60 Å². The van der Waals surface area contributed by atoms with Crippen LogP contribution in [0.3, 0.4) is 0 Å². The summed E-state index contributed by atoms with van der Waals surface area (Å²) in [6.07, 6.45) is 4.97. The average molecular weight is 320 g/mol. The summed E-state index contributed by atoms with van der Waals surface area (Å²) in [4.78, 5) is 23.6. The van der Waals surface area contributed by atoms with E-state index in [1.54, 1.807) is 18.3 Å². The predicted molar refractivity (Wildman–Crippen MR) is 90.1 cm³/mol. The summed E-state index contributed by atoms with van der Waals surface area (Å²) in [6.45, 7) is 6.95. The van der Waals surface area contributed by atoms with Gasteiger partial charge in [-0.3, -0.25) is 9.59 Å². The van der Waals surface area contributed by atoms with Gasteiger partial charge in [0, 0.05) is 18.8 Å². The minimum atomic E-state index is -0.820. The first kappa shape index (κ1) is 17.7. The normalized spacial score (nSPS) is 25.1. The Balaban J connectivity index is 1.83. The molecule has 0 radical (unpaired) electrons. The molecule has 1 aromatic rings. The highest BCUT2D eigenvalue weighted by Crippen LogP contribution is 2.41. The average Bonchev–Trinajstić information content (AvgIpc) is 2.47. The molecular formula is C18H28N2O3. The molecule has 23 heavy (non-hydrogen) atoms. The van der Waals surface area contributed by atoms with Crippen molar-refractivity contribution >= 4 is 5.91 Å². The fourth-order valence-corrected chi connectivity index (χ4v) is 3.26. The molecule has 2 N–H and O–H groups in total. The van der Waals surface area contributed by atoms with E-state index in [1.165, 1.54) is 10.6 Å². The van der Waals surface area contributed by atoms with Gasteiger partial charge in [-0.25, -0.2) is 0 Å². The highest BCUT2D eigenvalue weighted by atomic mass is 16.3. The van der Waals surface area contributed by atoms with E-state index in [1.807, 2.05) is 0 Å². The van der Waals surface area contributed by atoms with Crippen molar-refractivity contribution < 1.29 is 9.90 Å². The Morgan fingerprint density at radius 1 is 1.35 bits per heavy atom. The first-order valence-corrected chi connectivity index (χ1v) is 8.34. The number of aromatic nitrogens is 1. The number of pyridine rings is 1. The van der Waals surface area contributed by atoms with Gasteiger partial charge in [0.2, 0.25) is 5.91 Å². The van der Waals surface area contributed by atoms with Crippen molar-refractivity contribution in [2.45, 2.75) is 58.6 Å². The molecule has 0 aliphatic heterocycles. The van der Waals surface area contributed by atoms with Crippen LogP contribution in [-0.4, -0.2) is 27.7 Å². The summed E-state index contributed by atoms with van der Waals surface area (Å²) in [7, 11) is 0. The third-order valence-electron chi connectivity index (χ3n) is 4.97. The van der Waals surface area contributed by atoms with Gasteiger partial charge < -0.3 is 15.0 Å². The van der Waals surface area contributed by atoms with E-state index in [0.717, 1.165) is 12.8 Å². The summed E-state index contributed by atoms with van der Waals surface area (Å²) >= 11 is 0. The van der Waals surface area contributed by atoms with Crippen LogP contribution in [0.2, 0.25) is 0 Å². The van der Waals surface area contributed by atoms with Crippen molar-refractivity contribution in [1.82, 2.24) is 9.88 Å². The second-order valence-corrected chi connectivity index (χ2v) is 7.81. The number of aliphatic hydroxyl groups is 1. The number of nitrogens with zero attached hydrogens (tertiary/aromatic N) is 1. The lowest BCUT2D eigenvalue weighted by molar-refractivity contribution is -0.123. The topological polar surface area (TPSA) is 71.3 Å². The van der Waals surface area contributed by atoms with Crippen molar-refractivity contribution in [3.05, 3.63) is 34.7 Å². The molecule has 0 saturated heterocycles. The molecule has 2 rings (SSSR count). The molecule has 0 spiro atoms. The summed E-state index contributed by atoms with van der Waals surface area (Å²) in [6, 6.07) is 4.79. The van der Waals surface area contributed by atoms with Gasteiger partial charge in [-0.1, -0.05) is 26.8 Å². The fraction of sp³-hybridized carbons (Fsp3) is 0.667. The van der Waals surface area contributed by atoms with Crippen LogP contribution in [0.5, 0.6) is 0 Å². The lowest BCUT2D eigenvalue weighted by Crippen LogP contribution is -2.47. The van der Waals surface area contributed by atoms with E-state index in [2.05, 4.69) is 26.1 Å². The number of hydrogen-bond acceptors (Lipinski definition) is 3. The van der Waals surface area contributed by atoms with Crippen molar-refractivity contribution in [2.24, 2.45) is 11.3 Å². The van der Waals surface area contributed by atoms with Gasteiger partial charge in [-0.05, 0) is 43.1 Å². The van der Waals surface area contributed by atoms with Gasteiger partial charge in [0.25, 0.3) is 5.56 Å². The van der Waals surface area contributed by atoms with E-state index in [4.69, 9.17) is 0 Å². The molecule has 1 fully saturated rings. The first-order valence-electron chi connectivity index (χ1n) is 8.34. The van der Waals surface area contributed by atoms with Crippen LogP contribution >= 0.6 is 0 Å². The molecular weight excluding hydrogens is 292 g/mol. The number of carbonyl (C=O) groups excluding carboxylic acids is 1. The Morgan fingerprint density at radius 3 is 2.57 bits per heavy atom. The molecule has 1 heterocycles. The Bertz CT molecular complexity index is 593. The highest BCUT2D eigenvalue weighted by Gasteiger charge is 2.37. The molecule has 0 aromatic carbocycles. The van der Waals surface area contributed by atoms with Crippen molar-refractivity contribution in [3.8, 4) is 0 Å². The zero-order valence-electron chi connectivity index (χ0n) is 14.3. The number of hydrogen-bond donors (Lipinski definition) is 2. The number of nitrogens with one attached hydrogen (secondary N) is 1. The van der Waals surface area contributed by atoms with Crippen LogP contribution in [0, 0.1) is 11.3 Å². The fourth-order valence-electron chi connectivity index (χ4n) is 3.26. The van der Waals surface area contributed by atoms with Crippen molar-refractivity contribution in [1.29, 1.82) is 0 Å². The highest BCUT2D eigenvalue weighted by molar-refractivity contribution is 5.75. The molecule has 128 valence electrons. The Hall–Kier alpha value is -1.62. The molecule has 1 saturated carbocycles. The molecule has 1 aromatic heterocycles.